The van der Waals surface area contributed by atoms with Crippen LogP contribution in [0.25, 0.3) is 0 Å². The molecule has 1 saturated heterocycles. The fourth-order valence-electron chi connectivity index (χ4n) is 1.71. The van der Waals surface area contributed by atoms with Crippen molar-refractivity contribution in [2.75, 3.05) is 12.3 Å². The number of aromatic nitrogens is 2. The highest BCUT2D eigenvalue weighted by Gasteiger charge is 2.33. The summed E-state index contributed by atoms with van der Waals surface area (Å²) in [5, 5.41) is 6.04. The number of nitrogens with one attached hydrogen (secondary N) is 1. The molecule has 0 radical (unpaired) electrons. The van der Waals surface area contributed by atoms with Crippen molar-refractivity contribution in [2.24, 2.45) is 0 Å². The van der Waals surface area contributed by atoms with Gasteiger partial charge in [0.1, 0.15) is 19.1 Å². The Labute approximate surface area is 103 Å². The third kappa shape index (κ3) is 2.31. The van der Waals surface area contributed by atoms with E-state index in [1.807, 2.05) is 0 Å². The zero-order valence-corrected chi connectivity index (χ0v) is 9.79. The minimum absolute atomic E-state index is 0.0535. The van der Waals surface area contributed by atoms with Gasteiger partial charge in [-0.15, -0.1) is 0 Å². The molecule has 0 aliphatic carbocycles. The normalized spacial score (nSPS) is 19.8. The Morgan fingerprint density at radius 1 is 1.61 bits per heavy atom. The van der Waals surface area contributed by atoms with Gasteiger partial charge in [-0.3, -0.25) is 24.4 Å². The summed E-state index contributed by atoms with van der Waals surface area (Å²) >= 11 is 0. The number of rotatable bonds is 2. The van der Waals surface area contributed by atoms with E-state index in [9.17, 15) is 14.4 Å². The molecule has 1 fully saturated rings. The van der Waals surface area contributed by atoms with E-state index in [1.54, 1.807) is 6.92 Å². The van der Waals surface area contributed by atoms with Gasteiger partial charge in [-0.2, -0.15) is 5.10 Å². The van der Waals surface area contributed by atoms with Gasteiger partial charge in [-0.1, -0.05) is 0 Å². The van der Waals surface area contributed by atoms with Crippen LogP contribution in [0, 0.1) is 0 Å². The standard InChI is InChI=1S/C10H13N5O3/c1-6-10(18)13-8(16)4-15(6)9(17)5-14-3-7(11)2-12-14/h2-3,6H,4-5,11H2,1H3,(H,13,16,18). The Kier molecular flexibility index (Phi) is 3.00. The molecule has 2 heterocycles. The Bertz CT molecular complexity index is 509. The summed E-state index contributed by atoms with van der Waals surface area (Å²) in [7, 11) is 0. The topological polar surface area (TPSA) is 110 Å². The summed E-state index contributed by atoms with van der Waals surface area (Å²) in [5.41, 5.74) is 5.93. The van der Waals surface area contributed by atoms with Gasteiger partial charge in [0.05, 0.1) is 11.9 Å². The number of piperazine rings is 1. The Morgan fingerprint density at radius 2 is 2.33 bits per heavy atom. The molecule has 1 unspecified atom stereocenters. The van der Waals surface area contributed by atoms with Gasteiger partial charge in [0.15, 0.2) is 0 Å². The van der Waals surface area contributed by atoms with E-state index in [1.165, 1.54) is 22.0 Å². The van der Waals surface area contributed by atoms with Crippen LogP contribution < -0.4 is 11.1 Å². The van der Waals surface area contributed by atoms with E-state index in [-0.39, 0.29) is 19.0 Å². The van der Waals surface area contributed by atoms with Crippen LogP contribution in [0.3, 0.4) is 0 Å². The van der Waals surface area contributed by atoms with Gasteiger partial charge < -0.3 is 10.6 Å². The van der Waals surface area contributed by atoms with E-state index >= 15 is 0 Å². The zero-order chi connectivity index (χ0) is 13.3. The molecule has 8 nitrogen and oxygen atoms in total. The molecule has 0 aromatic carbocycles. The first-order valence-electron chi connectivity index (χ1n) is 5.38. The van der Waals surface area contributed by atoms with Crippen LogP contribution in [0.4, 0.5) is 5.69 Å². The number of nitrogen functional groups attached to an aromatic ring is 1. The molecule has 3 amide bonds. The highest BCUT2D eigenvalue weighted by atomic mass is 16.2. The average molecular weight is 251 g/mol. The van der Waals surface area contributed by atoms with E-state index in [4.69, 9.17) is 5.73 Å². The van der Waals surface area contributed by atoms with Crippen molar-refractivity contribution in [3.05, 3.63) is 12.4 Å². The third-order valence-corrected chi connectivity index (χ3v) is 2.69. The maximum atomic E-state index is 12.0. The fourth-order valence-corrected chi connectivity index (χ4v) is 1.71. The maximum absolute atomic E-state index is 12.0. The van der Waals surface area contributed by atoms with Crippen LogP contribution in [-0.2, 0) is 20.9 Å². The SMILES string of the molecule is CC1C(=O)NC(=O)CN1C(=O)Cn1cc(N)cn1. The summed E-state index contributed by atoms with van der Waals surface area (Å²) < 4.78 is 1.36. The monoisotopic (exact) mass is 251 g/mol. The van der Waals surface area contributed by atoms with Gasteiger partial charge in [-0.25, -0.2) is 0 Å². The highest BCUT2D eigenvalue weighted by Crippen LogP contribution is 2.07. The molecule has 2 rings (SSSR count). The summed E-state index contributed by atoms with van der Waals surface area (Å²) in [6, 6.07) is -0.664. The predicted octanol–water partition coefficient (Wildman–Crippen LogP) is -1.66. The van der Waals surface area contributed by atoms with Crippen molar-refractivity contribution in [1.29, 1.82) is 0 Å². The molecule has 1 aliphatic heterocycles. The van der Waals surface area contributed by atoms with Gasteiger partial charge >= 0.3 is 0 Å². The first kappa shape index (κ1) is 12.1. The van der Waals surface area contributed by atoms with Gasteiger partial charge in [0.25, 0.3) is 0 Å². The number of nitrogens with zero attached hydrogens (tertiary/aromatic N) is 3. The minimum Gasteiger partial charge on any atom is -0.396 e. The van der Waals surface area contributed by atoms with Gasteiger partial charge in [-0.05, 0) is 6.92 Å². The van der Waals surface area contributed by atoms with Crippen molar-refractivity contribution in [1.82, 2.24) is 20.0 Å². The van der Waals surface area contributed by atoms with Crippen molar-refractivity contribution in [2.45, 2.75) is 19.5 Å². The second kappa shape index (κ2) is 4.47. The lowest BCUT2D eigenvalue weighted by atomic mass is 10.2. The van der Waals surface area contributed by atoms with Gasteiger partial charge in [0, 0.05) is 6.20 Å². The predicted molar refractivity (Wildman–Crippen MR) is 61.0 cm³/mol. The largest absolute Gasteiger partial charge is 0.396 e. The second-order valence-corrected chi connectivity index (χ2v) is 4.08. The van der Waals surface area contributed by atoms with E-state index < -0.39 is 17.9 Å². The lowest BCUT2D eigenvalue weighted by Gasteiger charge is -2.31. The number of imide groups is 1. The Morgan fingerprint density at radius 3 is 2.94 bits per heavy atom. The summed E-state index contributed by atoms with van der Waals surface area (Å²) in [6.45, 7) is 1.39. The van der Waals surface area contributed by atoms with Crippen LogP contribution >= 0.6 is 0 Å². The van der Waals surface area contributed by atoms with Crippen LogP contribution in [0.1, 0.15) is 6.92 Å². The molecular formula is C10H13N5O3. The third-order valence-electron chi connectivity index (χ3n) is 2.69. The van der Waals surface area contributed by atoms with Crippen LogP contribution in [-0.4, -0.2) is 45.0 Å². The quantitative estimate of drug-likeness (QED) is 0.611. The molecule has 0 saturated carbocycles. The van der Waals surface area contributed by atoms with Crippen molar-refractivity contribution >= 4 is 23.4 Å². The van der Waals surface area contributed by atoms with Crippen LogP contribution in [0.2, 0.25) is 0 Å². The number of carbonyl (C=O) groups is 3. The average Bonchev–Trinajstić information content (AvgIpc) is 2.69. The smallest absolute Gasteiger partial charge is 0.249 e. The van der Waals surface area contributed by atoms with E-state index in [0.29, 0.717) is 5.69 Å². The molecule has 8 heteroatoms. The maximum Gasteiger partial charge on any atom is 0.249 e. The molecule has 0 spiro atoms. The highest BCUT2D eigenvalue weighted by molar-refractivity contribution is 6.04. The van der Waals surface area contributed by atoms with Crippen molar-refractivity contribution in [3.63, 3.8) is 0 Å². The molecule has 0 bridgehead atoms. The molecule has 96 valence electrons. The minimum atomic E-state index is -0.664. The number of carbonyl (C=O) groups excluding carboxylic acids is 3. The summed E-state index contributed by atoms with van der Waals surface area (Å²) in [6.07, 6.45) is 2.93. The lowest BCUT2D eigenvalue weighted by Crippen LogP contribution is -2.59. The molecule has 18 heavy (non-hydrogen) atoms. The van der Waals surface area contributed by atoms with Crippen molar-refractivity contribution in [3.8, 4) is 0 Å². The number of hydrogen-bond acceptors (Lipinski definition) is 5. The molecule has 1 atom stereocenters. The molecule has 1 aliphatic rings. The summed E-state index contributed by atoms with van der Waals surface area (Å²) in [5.74, 6) is -1.31. The van der Waals surface area contributed by atoms with E-state index in [2.05, 4.69) is 10.4 Å². The second-order valence-electron chi connectivity index (χ2n) is 4.08. The summed E-state index contributed by atoms with van der Waals surface area (Å²) in [4.78, 5) is 35.8. The lowest BCUT2D eigenvalue weighted by molar-refractivity contribution is -0.149. The first-order valence-corrected chi connectivity index (χ1v) is 5.38. The molecular weight excluding hydrogens is 238 g/mol. The number of anilines is 1. The van der Waals surface area contributed by atoms with Crippen LogP contribution in [0.5, 0.6) is 0 Å². The molecule has 1 aromatic rings. The zero-order valence-electron chi connectivity index (χ0n) is 9.79. The number of amides is 3. The fraction of sp³-hybridized carbons (Fsp3) is 0.400. The van der Waals surface area contributed by atoms with Crippen molar-refractivity contribution < 1.29 is 14.4 Å². The number of nitrogens with two attached hydrogens (primary N) is 1. The first-order chi connectivity index (χ1) is 8.47. The van der Waals surface area contributed by atoms with E-state index in [0.717, 1.165) is 0 Å². The molecule has 3 N–H and O–H groups in total. The molecule has 1 aromatic heterocycles. The Balaban J connectivity index is 2.08. The van der Waals surface area contributed by atoms with Gasteiger partial charge in [0.2, 0.25) is 17.7 Å². The van der Waals surface area contributed by atoms with Crippen LogP contribution in [0.15, 0.2) is 12.4 Å². The number of hydrogen-bond donors (Lipinski definition) is 2. The Hall–Kier alpha value is -2.38.